The van der Waals surface area contributed by atoms with Crippen molar-refractivity contribution in [2.45, 2.75) is 44.2 Å². The molecule has 0 aromatic carbocycles. The van der Waals surface area contributed by atoms with Gasteiger partial charge in [-0.2, -0.15) is 0 Å². The standard InChI is InChI=1S/C19H26N2O3/c1-3-6-16-18(22)21-17(19(23)20-16)13-15-9-4-7-14(8-5-10-15)11-12-24-2/h3-4,8-10,16-17H,1,5-7,11-13H2,2H3,(H,20,23)(H,21,22)/b9-4-,14-8+,15-10?. The fourth-order valence-electron chi connectivity index (χ4n) is 2.87. The molecule has 2 amide bonds. The number of rotatable bonds is 7. The molecule has 0 saturated carbocycles. The fraction of sp³-hybridized carbons (Fsp3) is 0.474. The van der Waals surface area contributed by atoms with Gasteiger partial charge in [0, 0.05) is 20.1 Å². The Balaban J connectivity index is 1.94. The lowest BCUT2D eigenvalue weighted by Gasteiger charge is -2.29. The molecule has 2 N–H and O–H groups in total. The van der Waals surface area contributed by atoms with Gasteiger partial charge in [-0.1, -0.05) is 36.0 Å². The molecule has 1 fully saturated rings. The fourth-order valence-corrected chi connectivity index (χ4v) is 2.87. The first-order chi connectivity index (χ1) is 11.6. The monoisotopic (exact) mass is 330 g/mol. The minimum Gasteiger partial charge on any atom is -0.384 e. The van der Waals surface area contributed by atoms with Crippen molar-refractivity contribution in [1.29, 1.82) is 0 Å². The van der Waals surface area contributed by atoms with Gasteiger partial charge in [-0.05, 0) is 31.3 Å². The molecule has 0 aromatic rings. The number of carbonyl (C=O) groups excluding carboxylic acids is 2. The molecule has 5 heteroatoms. The van der Waals surface area contributed by atoms with Crippen LogP contribution in [-0.4, -0.2) is 37.6 Å². The zero-order valence-electron chi connectivity index (χ0n) is 14.2. The quantitative estimate of drug-likeness (QED) is 0.703. The van der Waals surface area contributed by atoms with E-state index in [0.717, 1.165) is 31.4 Å². The van der Waals surface area contributed by atoms with Crippen LogP contribution in [0.15, 0.2) is 48.1 Å². The smallest absolute Gasteiger partial charge is 0.243 e. The molecule has 2 unspecified atom stereocenters. The highest BCUT2D eigenvalue weighted by atomic mass is 16.5. The lowest BCUT2D eigenvalue weighted by atomic mass is 9.97. The highest BCUT2D eigenvalue weighted by Gasteiger charge is 2.32. The lowest BCUT2D eigenvalue weighted by molar-refractivity contribution is -0.136. The first-order valence-electron chi connectivity index (χ1n) is 8.38. The molecule has 0 spiro atoms. The van der Waals surface area contributed by atoms with Crippen molar-refractivity contribution in [2.24, 2.45) is 0 Å². The summed E-state index contributed by atoms with van der Waals surface area (Å²) in [4.78, 5) is 24.2. The van der Waals surface area contributed by atoms with Crippen molar-refractivity contribution in [3.05, 3.63) is 48.1 Å². The van der Waals surface area contributed by atoms with Crippen LogP contribution in [0.1, 0.15) is 32.1 Å². The number of piperazine rings is 1. The maximum atomic E-state index is 12.2. The van der Waals surface area contributed by atoms with Crippen LogP contribution in [0.25, 0.3) is 0 Å². The Morgan fingerprint density at radius 1 is 1.25 bits per heavy atom. The van der Waals surface area contributed by atoms with Gasteiger partial charge in [-0.25, -0.2) is 0 Å². The zero-order chi connectivity index (χ0) is 17.4. The van der Waals surface area contributed by atoms with E-state index in [0.29, 0.717) is 12.8 Å². The van der Waals surface area contributed by atoms with Gasteiger partial charge in [0.1, 0.15) is 12.1 Å². The summed E-state index contributed by atoms with van der Waals surface area (Å²) in [7, 11) is 1.71. The van der Waals surface area contributed by atoms with Crippen molar-refractivity contribution in [2.75, 3.05) is 13.7 Å². The van der Waals surface area contributed by atoms with Crippen molar-refractivity contribution in [3.8, 4) is 0 Å². The summed E-state index contributed by atoms with van der Waals surface area (Å²) >= 11 is 0. The van der Waals surface area contributed by atoms with E-state index >= 15 is 0 Å². The Morgan fingerprint density at radius 2 is 2.00 bits per heavy atom. The van der Waals surface area contributed by atoms with Crippen LogP contribution in [0, 0.1) is 0 Å². The van der Waals surface area contributed by atoms with E-state index in [1.54, 1.807) is 13.2 Å². The van der Waals surface area contributed by atoms with Crippen molar-refractivity contribution in [3.63, 3.8) is 0 Å². The average Bonchev–Trinajstić information content (AvgIpc) is 2.53. The van der Waals surface area contributed by atoms with Crippen LogP contribution < -0.4 is 10.6 Å². The Hall–Kier alpha value is -2.14. The Morgan fingerprint density at radius 3 is 2.75 bits per heavy atom. The zero-order valence-corrected chi connectivity index (χ0v) is 14.2. The molecule has 2 rings (SSSR count). The third kappa shape index (κ3) is 5.20. The summed E-state index contributed by atoms with van der Waals surface area (Å²) in [6, 6.07) is -1.01. The number of hydrogen-bond acceptors (Lipinski definition) is 3. The van der Waals surface area contributed by atoms with E-state index in [4.69, 9.17) is 4.74 Å². The second kappa shape index (κ2) is 9.23. The molecule has 1 aliphatic carbocycles. The Kier molecular flexibility index (Phi) is 7.00. The summed E-state index contributed by atoms with van der Waals surface area (Å²) in [6.07, 6.45) is 13.7. The molecule has 0 bridgehead atoms. The van der Waals surface area contributed by atoms with Crippen molar-refractivity contribution in [1.82, 2.24) is 10.6 Å². The van der Waals surface area contributed by atoms with Crippen LogP contribution in [-0.2, 0) is 14.3 Å². The molecule has 2 atom stereocenters. The summed E-state index contributed by atoms with van der Waals surface area (Å²) < 4.78 is 5.11. The normalized spacial score (nSPS) is 27.7. The van der Waals surface area contributed by atoms with Gasteiger partial charge >= 0.3 is 0 Å². The number of allylic oxidation sites excluding steroid dienone is 4. The van der Waals surface area contributed by atoms with E-state index < -0.39 is 12.1 Å². The molecule has 0 aromatic heterocycles. The number of amides is 2. The van der Waals surface area contributed by atoms with Gasteiger partial charge in [0.15, 0.2) is 0 Å². The molecule has 2 aliphatic rings. The summed E-state index contributed by atoms with van der Waals surface area (Å²) in [5.74, 6) is -0.272. The predicted molar refractivity (Wildman–Crippen MR) is 94.3 cm³/mol. The van der Waals surface area contributed by atoms with Crippen molar-refractivity contribution < 1.29 is 14.3 Å². The maximum Gasteiger partial charge on any atom is 0.243 e. The van der Waals surface area contributed by atoms with Crippen LogP contribution in [0.5, 0.6) is 0 Å². The second-order valence-corrected chi connectivity index (χ2v) is 6.08. The highest BCUT2D eigenvalue weighted by molar-refractivity contribution is 5.97. The van der Waals surface area contributed by atoms with E-state index in [9.17, 15) is 9.59 Å². The van der Waals surface area contributed by atoms with E-state index in [2.05, 4.69) is 41.5 Å². The van der Waals surface area contributed by atoms with Crippen LogP contribution in [0.4, 0.5) is 0 Å². The molecule has 130 valence electrons. The SMILES string of the molecule is C=CCC1NC(=O)C(CC2=CC/C=C(/CCOC)C/C=C\2)NC1=O. The van der Waals surface area contributed by atoms with Crippen LogP contribution in [0.2, 0.25) is 0 Å². The Bertz CT molecular complexity index is 575. The average molecular weight is 330 g/mol. The minimum atomic E-state index is -0.508. The van der Waals surface area contributed by atoms with Gasteiger partial charge in [-0.3, -0.25) is 9.59 Å². The molecule has 0 radical (unpaired) electrons. The van der Waals surface area contributed by atoms with Gasteiger partial charge < -0.3 is 15.4 Å². The van der Waals surface area contributed by atoms with E-state index in [1.807, 2.05) is 0 Å². The number of methoxy groups -OCH3 is 1. The van der Waals surface area contributed by atoms with Gasteiger partial charge in [0.05, 0.1) is 0 Å². The molecule has 5 nitrogen and oxygen atoms in total. The lowest BCUT2D eigenvalue weighted by Crippen LogP contribution is -2.61. The molecule has 1 heterocycles. The minimum absolute atomic E-state index is 0.130. The number of nitrogens with one attached hydrogen (secondary N) is 2. The van der Waals surface area contributed by atoms with Gasteiger partial charge in [-0.15, -0.1) is 6.58 Å². The van der Waals surface area contributed by atoms with Gasteiger partial charge in [0.25, 0.3) is 0 Å². The Labute approximate surface area is 143 Å². The largest absolute Gasteiger partial charge is 0.384 e. The molecular weight excluding hydrogens is 304 g/mol. The maximum absolute atomic E-state index is 12.2. The van der Waals surface area contributed by atoms with E-state index in [1.165, 1.54) is 5.57 Å². The predicted octanol–water partition coefficient (Wildman–Crippen LogP) is 2.18. The number of ether oxygens (including phenoxy) is 1. The second-order valence-electron chi connectivity index (χ2n) is 6.08. The summed E-state index contributed by atoms with van der Waals surface area (Å²) in [5, 5.41) is 5.58. The molecular formula is C19H26N2O3. The van der Waals surface area contributed by atoms with Crippen molar-refractivity contribution >= 4 is 11.8 Å². The van der Waals surface area contributed by atoms with E-state index in [-0.39, 0.29) is 11.8 Å². The first-order valence-corrected chi connectivity index (χ1v) is 8.38. The topological polar surface area (TPSA) is 67.4 Å². The molecule has 24 heavy (non-hydrogen) atoms. The molecule has 1 saturated heterocycles. The summed E-state index contributed by atoms with van der Waals surface area (Å²) in [6.45, 7) is 4.34. The molecule has 1 aliphatic heterocycles. The van der Waals surface area contributed by atoms with Crippen LogP contribution >= 0.6 is 0 Å². The third-order valence-electron chi connectivity index (χ3n) is 4.23. The third-order valence-corrected chi connectivity index (χ3v) is 4.23. The summed E-state index contributed by atoms with van der Waals surface area (Å²) in [5.41, 5.74) is 2.43. The number of hydrogen-bond donors (Lipinski definition) is 2. The van der Waals surface area contributed by atoms with Crippen LogP contribution in [0.3, 0.4) is 0 Å². The highest BCUT2D eigenvalue weighted by Crippen LogP contribution is 2.18. The van der Waals surface area contributed by atoms with Gasteiger partial charge in [0.2, 0.25) is 11.8 Å². The first kappa shape index (κ1) is 18.2. The number of carbonyl (C=O) groups is 2.